The second-order valence-corrected chi connectivity index (χ2v) is 5.73. The Morgan fingerprint density at radius 1 is 1.52 bits per heavy atom. The molecule has 2 amide bonds. The molecule has 0 atom stereocenters. The first-order valence-electron chi connectivity index (χ1n) is 7.34. The molecule has 1 saturated heterocycles. The Morgan fingerprint density at radius 2 is 2.33 bits per heavy atom. The number of hydrogen-bond donors (Lipinski definition) is 1. The van der Waals surface area contributed by atoms with E-state index in [-0.39, 0.29) is 24.0 Å². The number of rotatable bonds is 5. The van der Waals surface area contributed by atoms with Crippen LogP contribution in [-0.2, 0) is 19.9 Å². The smallest absolute Gasteiger partial charge is 0.248 e. The topological polar surface area (TPSA) is 76.5 Å². The van der Waals surface area contributed by atoms with Crippen LogP contribution in [0.3, 0.4) is 0 Å². The van der Waals surface area contributed by atoms with Gasteiger partial charge in [-0.05, 0) is 6.42 Å². The first kappa shape index (κ1) is 14.1. The van der Waals surface area contributed by atoms with Gasteiger partial charge in [-0.1, -0.05) is 13.3 Å². The molecule has 1 fully saturated rings. The SMILES string of the molecule is CCCCOCC(=O)N1CC2(CC(=O)Nc3nccn32)C1. The van der Waals surface area contributed by atoms with Crippen LogP contribution in [0, 0.1) is 0 Å². The summed E-state index contributed by atoms with van der Waals surface area (Å²) in [4.78, 5) is 29.7. The van der Waals surface area contributed by atoms with Gasteiger partial charge in [0.2, 0.25) is 17.8 Å². The Bertz CT molecular complexity index is 548. The quantitative estimate of drug-likeness (QED) is 0.805. The van der Waals surface area contributed by atoms with Crippen molar-refractivity contribution in [2.75, 3.05) is 31.6 Å². The number of fused-ring (bicyclic) bond motifs is 2. The summed E-state index contributed by atoms with van der Waals surface area (Å²) in [7, 11) is 0. The van der Waals surface area contributed by atoms with Crippen molar-refractivity contribution < 1.29 is 14.3 Å². The van der Waals surface area contributed by atoms with Crippen LogP contribution in [0.15, 0.2) is 12.4 Å². The summed E-state index contributed by atoms with van der Waals surface area (Å²) in [6, 6.07) is 0. The number of anilines is 1. The van der Waals surface area contributed by atoms with E-state index in [0.717, 1.165) is 12.8 Å². The van der Waals surface area contributed by atoms with Crippen LogP contribution in [0.1, 0.15) is 26.2 Å². The van der Waals surface area contributed by atoms with Crippen LogP contribution in [0.4, 0.5) is 5.95 Å². The normalized spacial score (nSPS) is 19.1. The molecule has 1 aromatic rings. The first-order valence-corrected chi connectivity index (χ1v) is 7.34. The number of carbonyl (C=O) groups is 2. The largest absolute Gasteiger partial charge is 0.372 e. The molecular formula is C14H20N4O3. The molecule has 3 rings (SSSR count). The Kier molecular flexibility index (Phi) is 3.67. The lowest BCUT2D eigenvalue weighted by Crippen LogP contribution is -2.67. The third kappa shape index (κ3) is 2.53. The van der Waals surface area contributed by atoms with Gasteiger partial charge in [0, 0.05) is 32.1 Å². The molecule has 0 aromatic carbocycles. The maximum absolute atomic E-state index is 12.0. The molecule has 0 saturated carbocycles. The molecule has 1 spiro atoms. The number of carbonyl (C=O) groups excluding carboxylic acids is 2. The maximum Gasteiger partial charge on any atom is 0.248 e. The van der Waals surface area contributed by atoms with Crippen LogP contribution in [0.5, 0.6) is 0 Å². The molecule has 1 aromatic heterocycles. The minimum absolute atomic E-state index is 0.00984. The number of amides is 2. The molecule has 2 aliphatic rings. The highest BCUT2D eigenvalue weighted by molar-refractivity contribution is 5.92. The van der Waals surface area contributed by atoms with Crippen molar-refractivity contribution in [2.45, 2.75) is 31.7 Å². The summed E-state index contributed by atoms with van der Waals surface area (Å²) in [5, 5.41) is 2.74. The molecule has 2 aliphatic heterocycles. The van der Waals surface area contributed by atoms with E-state index in [2.05, 4.69) is 17.2 Å². The van der Waals surface area contributed by atoms with Crippen LogP contribution in [0.2, 0.25) is 0 Å². The zero-order valence-corrected chi connectivity index (χ0v) is 12.2. The van der Waals surface area contributed by atoms with Crippen LogP contribution >= 0.6 is 0 Å². The van der Waals surface area contributed by atoms with Gasteiger partial charge in [0.25, 0.3) is 0 Å². The molecule has 1 N–H and O–H groups in total. The van der Waals surface area contributed by atoms with Crippen molar-refractivity contribution in [3.8, 4) is 0 Å². The summed E-state index contributed by atoms with van der Waals surface area (Å²) in [5.41, 5.74) is -0.326. The molecular weight excluding hydrogens is 272 g/mol. The van der Waals surface area contributed by atoms with E-state index < -0.39 is 0 Å². The molecule has 7 heteroatoms. The standard InChI is InChI=1S/C14H20N4O3/c1-2-3-6-21-8-12(20)17-9-14(10-17)7-11(19)16-13-15-4-5-18(13)14/h4-5H,2-3,6-10H2,1H3,(H,15,16,19). The van der Waals surface area contributed by atoms with E-state index in [1.165, 1.54) is 0 Å². The number of aromatic nitrogens is 2. The molecule has 0 aliphatic carbocycles. The summed E-state index contributed by atoms with van der Waals surface area (Å²) in [5.74, 6) is 0.516. The van der Waals surface area contributed by atoms with Crippen molar-refractivity contribution in [3.05, 3.63) is 12.4 Å². The first-order chi connectivity index (χ1) is 10.1. The highest BCUT2D eigenvalue weighted by Gasteiger charge is 2.50. The molecule has 114 valence electrons. The third-order valence-electron chi connectivity index (χ3n) is 4.08. The van der Waals surface area contributed by atoms with Crippen LogP contribution in [-0.4, -0.2) is 52.6 Å². The van der Waals surface area contributed by atoms with Crippen LogP contribution in [0.25, 0.3) is 0 Å². The van der Waals surface area contributed by atoms with E-state index >= 15 is 0 Å². The maximum atomic E-state index is 12.0. The Balaban J connectivity index is 1.58. The van der Waals surface area contributed by atoms with Gasteiger partial charge >= 0.3 is 0 Å². The molecule has 0 radical (unpaired) electrons. The van der Waals surface area contributed by atoms with Crippen molar-refractivity contribution in [3.63, 3.8) is 0 Å². The van der Waals surface area contributed by atoms with Crippen molar-refractivity contribution in [1.82, 2.24) is 14.5 Å². The fourth-order valence-electron chi connectivity index (χ4n) is 2.93. The monoisotopic (exact) mass is 292 g/mol. The Hall–Kier alpha value is -1.89. The Morgan fingerprint density at radius 3 is 3.10 bits per heavy atom. The van der Waals surface area contributed by atoms with Gasteiger partial charge in [0.05, 0.1) is 12.0 Å². The van der Waals surface area contributed by atoms with Gasteiger partial charge in [-0.15, -0.1) is 0 Å². The van der Waals surface area contributed by atoms with Gasteiger partial charge in [0.15, 0.2) is 0 Å². The fraction of sp³-hybridized carbons (Fsp3) is 0.643. The number of ether oxygens (including phenoxy) is 1. The lowest BCUT2D eigenvalue weighted by molar-refractivity contribution is -0.149. The van der Waals surface area contributed by atoms with Gasteiger partial charge in [-0.25, -0.2) is 4.98 Å². The minimum Gasteiger partial charge on any atom is -0.372 e. The average molecular weight is 292 g/mol. The van der Waals surface area contributed by atoms with Gasteiger partial charge in [-0.2, -0.15) is 0 Å². The lowest BCUT2D eigenvalue weighted by Gasteiger charge is -2.52. The van der Waals surface area contributed by atoms with Crippen molar-refractivity contribution in [2.24, 2.45) is 0 Å². The lowest BCUT2D eigenvalue weighted by atomic mass is 9.84. The van der Waals surface area contributed by atoms with Gasteiger partial charge in [-0.3, -0.25) is 14.9 Å². The van der Waals surface area contributed by atoms with Gasteiger partial charge < -0.3 is 14.2 Å². The summed E-state index contributed by atoms with van der Waals surface area (Å²) in [6.07, 6.45) is 5.93. The number of likely N-dealkylation sites (tertiary alicyclic amines) is 1. The van der Waals surface area contributed by atoms with E-state index in [4.69, 9.17) is 4.74 Å². The molecule has 0 bridgehead atoms. The molecule has 21 heavy (non-hydrogen) atoms. The second kappa shape index (κ2) is 5.48. The van der Waals surface area contributed by atoms with Crippen molar-refractivity contribution >= 4 is 17.8 Å². The highest BCUT2D eigenvalue weighted by atomic mass is 16.5. The predicted molar refractivity (Wildman–Crippen MR) is 75.8 cm³/mol. The summed E-state index contributed by atoms with van der Waals surface area (Å²) >= 11 is 0. The summed E-state index contributed by atoms with van der Waals surface area (Å²) in [6.45, 7) is 3.91. The molecule has 7 nitrogen and oxygen atoms in total. The van der Waals surface area contributed by atoms with Crippen molar-refractivity contribution in [1.29, 1.82) is 0 Å². The number of hydrogen-bond acceptors (Lipinski definition) is 4. The zero-order valence-electron chi connectivity index (χ0n) is 12.2. The molecule has 3 heterocycles. The predicted octanol–water partition coefficient (Wildman–Crippen LogP) is 0.579. The van der Waals surface area contributed by atoms with E-state index in [0.29, 0.717) is 32.1 Å². The Labute approximate surface area is 123 Å². The van der Waals surface area contributed by atoms with Crippen LogP contribution < -0.4 is 5.32 Å². The fourth-order valence-corrected chi connectivity index (χ4v) is 2.93. The average Bonchev–Trinajstić information content (AvgIpc) is 2.88. The summed E-state index contributed by atoms with van der Waals surface area (Å²) < 4.78 is 7.32. The number of unbranched alkanes of at least 4 members (excludes halogenated alkanes) is 1. The minimum atomic E-state index is -0.326. The molecule has 0 unspecified atom stereocenters. The third-order valence-corrected chi connectivity index (χ3v) is 4.08. The van der Waals surface area contributed by atoms with E-state index in [1.807, 2.05) is 10.8 Å². The number of nitrogens with one attached hydrogen (secondary N) is 1. The van der Waals surface area contributed by atoms with Gasteiger partial charge in [0.1, 0.15) is 6.61 Å². The van der Waals surface area contributed by atoms with E-state index in [9.17, 15) is 9.59 Å². The zero-order chi connectivity index (χ0) is 14.9. The highest BCUT2D eigenvalue weighted by Crippen LogP contribution is 2.37. The second-order valence-electron chi connectivity index (χ2n) is 5.73. The van der Waals surface area contributed by atoms with E-state index in [1.54, 1.807) is 11.1 Å². The number of imidazole rings is 1. The number of nitrogens with zero attached hydrogens (tertiary/aromatic N) is 3.